The molecule has 0 spiro atoms. The highest BCUT2D eigenvalue weighted by Gasteiger charge is 2.30. The van der Waals surface area contributed by atoms with E-state index in [1.54, 1.807) is 19.2 Å². The molecule has 0 saturated heterocycles. The van der Waals surface area contributed by atoms with Crippen molar-refractivity contribution in [1.29, 1.82) is 0 Å². The maximum absolute atomic E-state index is 12.4. The molecule has 1 aromatic rings. The molecule has 0 aliphatic heterocycles. The summed E-state index contributed by atoms with van der Waals surface area (Å²) in [5.41, 5.74) is 0.573. The molecule has 1 aromatic heterocycles. The molecule has 2 amide bonds. The van der Waals surface area contributed by atoms with Crippen LogP contribution >= 0.6 is 11.3 Å². The number of carboxylic acids is 1. The maximum atomic E-state index is 12.4. The lowest BCUT2D eigenvalue weighted by molar-refractivity contribution is -0.143. The first-order valence-electron chi connectivity index (χ1n) is 9.14. The maximum Gasteiger partial charge on any atom is 0.308 e. The first-order valence-corrected chi connectivity index (χ1v) is 10.0. The van der Waals surface area contributed by atoms with Gasteiger partial charge < -0.3 is 15.7 Å². The lowest BCUT2D eigenvalue weighted by Gasteiger charge is -2.27. The van der Waals surface area contributed by atoms with E-state index in [2.05, 4.69) is 15.6 Å². The topological polar surface area (TPSA) is 108 Å². The van der Waals surface area contributed by atoms with Crippen molar-refractivity contribution in [3.8, 4) is 0 Å². The number of aliphatic carboxylic acids is 1. The van der Waals surface area contributed by atoms with Crippen LogP contribution in [0.5, 0.6) is 0 Å². The lowest BCUT2D eigenvalue weighted by Crippen LogP contribution is -2.44. The molecule has 0 aromatic carbocycles. The summed E-state index contributed by atoms with van der Waals surface area (Å²) in [4.78, 5) is 39.8. The Labute approximate surface area is 157 Å². The Balaban J connectivity index is 1.93. The number of aromatic nitrogens is 1. The summed E-state index contributed by atoms with van der Waals surface area (Å²) >= 11 is 1.28. The molecule has 1 fully saturated rings. The molecule has 2 rings (SSSR count). The molecule has 144 valence electrons. The van der Waals surface area contributed by atoms with E-state index in [1.807, 2.05) is 0 Å². The Kier molecular flexibility index (Phi) is 7.56. The number of hydrogen-bond acceptors (Lipinski definition) is 5. The number of thiazole rings is 1. The minimum absolute atomic E-state index is 0.0802. The summed E-state index contributed by atoms with van der Waals surface area (Å²) in [5, 5.41) is 17.3. The Morgan fingerprint density at radius 3 is 2.58 bits per heavy atom. The van der Waals surface area contributed by atoms with Crippen LogP contribution in [0.2, 0.25) is 0 Å². The summed E-state index contributed by atoms with van der Waals surface area (Å²) < 4.78 is 0. The van der Waals surface area contributed by atoms with Gasteiger partial charge in [0.15, 0.2) is 5.13 Å². The van der Waals surface area contributed by atoms with Crippen LogP contribution in [0.1, 0.15) is 58.1 Å². The molecule has 2 atom stereocenters. The van der Waals surface area contributed by atoms with Gasteiger partial charge in [-0.1, -0.05) is 39.5 Å². The minimum atomic E-state index is -0.843. The fraction of sp³-hybridized carbons (Fsp3) is 0.667. The molecule has 1 aliphatic carbocycles. The van der Waals surface area contributed by atoms with Crippen molar-refractivity contribution in [3.63, 3.8) is 0 Å². The molecule has 26 heavy (non-hydrogen) atoms. The number of hydrogen-bond donors (Lipinski definition) is 3. The quantitative estimate of drug-likeness (QED) is 0.702. The van der Waals surface area contributed by atoms with Gasteiger partial charge >= 0.3 is 5.97 Å². The van der Waals surface area contributed by atoms with E-state index >= 15 is 0 Å². The summed E-state index contributed by atoms with van der Waals surface area (Å²) in [6.45, 7) is 3.59. The fourth-order valence-corrected chi connectivity index (χ4v) is 3.78. The first kappa shape index (κ1) is 20.4. The molecule has 8 heteroatoms. The van der Waals surface area contributed by atoms with E-state index in [4.69, 9.17) is 0 Å². The second-order valence-corrected chi connectivity index (χ2v) is 7.93. The number of anilines is 1. The highest BCUT2D eigenvalue weighted by molar-refractivity contribution is 7.13. The summed E-state index contributed by atoms with van der Waals surface area (Å²) in [6, 6.07) is -0.334. The zero-order chi connectivity index (χ0) is 19.1. The average molecular weight is 381 g/mol. The minimum Gasteiger partial charge on any atom is -0.481 e. The number of carbonyl (C=O) groups excluding carboxylic acids is 2. The first-order chi connectivity index (χ1) is 12.4. The van der Waals surface area contributed by atoms with Gasteiger partial charge in [0.2, 0.25) is 11.8 Å². The van der Waals surface area contributed by atoms with Gasteiger partial charge in [-0.25, -0.2) is 4.98 Å². The van der Waals surface area contributed by atoms with Gasteiger partial charge in [0, 0.05) is 17.3 Å². The van der Waals surface area contributed by atoms with Gasteiger partial charge in [0.05, 0.1) is 18.0 Å². The summed E-state index contributed by atoms with van der Waals surface area (Å²) in [6.07, 6.45) is 5.30. The molecule has 1 aliphatic rings. The van der Waals surface area contributed by atoms with Gasteiger partial charge in [-0.3, -0.25) is 14.4 Å². The molecule has 3 N–H and O–H groups in total. The van der Waals surface area contributed by atoms with Crippen LogP contribution in [0.3, 0.4) is 0 Å². The van der Waals surface area contributed by atoms with Gasteiger partial charge in [0.1, 0.15) is 0 Å². The van der Waals surface area contributed by atoms with Crippen molar-refractivity contribution in [3.05, 3.63) is 11.1 Å². The van der Waals surface area contributed by atoms with Gasteiger partial charge in [-0.15, -0.1) is 11.3 Å². The Hall–Kier alpha value is -1.96. The smallest absolute Gasteiger partial charge is 0.308 e. The van der Waals surface area contributed by atoms with Gasteiger partial charge in [0.25, 0.3) is 0 Å². The molecule has 1 heterocycles. The van der Waals surface area contributed by atoms with Crippen molar-refractivity contribution >= 4 is 34.3 Å². The van der Waals surface area contributed by atoms with Crippen molar-refractivity contribution in [1.82, 2.24) is 10.3 Å². The van der Waals surface area contributed by atoms with Crippen molar-refractivity contribution in [2.24, 2.45) is 11.8 Å². The molecule has 1 saturated carbocycles. The molecular formula is C18H27N3O4S. The van der Waals surface area contributed by atoms with Crippen LogP contribution in [-0.2, 0) is 20.8 Å². The SMILES string of the molecule is CC(C)C(=O)Nc1nc(CC(=O)NC2CCCCCCC2C(=O)O)cs1. The Bertz CT molecular complexity index is 644. The molecule has 0 bridgehead atoms. The van der Waals surface area contributed by atoms with Gasteiger partial charge in [-0.05, 0) is 12.8 Å². The van der Waals surface area contributed by atoms with E-state index in [-0.39, 0.29) is 30.2 Å². The second kappa shape index (κ2) is 9.66. The Morgan fingerprint density at radius 1 is 1.23 bits per heavy atom. The zero-order valence-corrected chi connectivity index (χ0v) is 16.1. The van der Waals surface area contributed by atoms with E-state index in [0.717, 1.165) is 25.7 Å². The number of nitrogens with zero attached hydrogens (tertiary/aromatic N) is 1. The van der Waals surface area contributed by atoms with Crippen LogP contribution in [0.4, 0.5) is 5.13 Å². The van der Waals surface area contributed by atoms with Crippen LogP contribution in [0, 0.1) is 11.8 Å². The number of carboxylic acid groups (broad SMARTS) is 1. The average Bonchev–Trinajstić information content (AvgIpc) is 2.96. The predicted octanol–water partition coefficient (Wildman–Crippen LogP) is 2.82. The van der Waals surface area contributed by atoms with Crippen molar-refractivity contribution < 1.29 is 19.5 Å². The third-order valence-electron chi connectivity index (χ3n) is 4.58. The largest absolute Gasteiger partial charge is 0.481 e. The Morgan fingerprint density at radius 2 is 1.92 bits per heavy atom. The molecule has 0 radical (unpaired) electrons. The third kappa shape index (κ3) is 6.09. The van der Waals surface area contributed by atoms with Crippen molar-refractivity contribution in [2.45, 2.75) is 64.8 Å². The summed E-state index contributed by atoms with van der Waals surface area (Å²) in [5.74, 6) is -1.86. The van der Waals surface area contributed by atoms with Crippen molar-refractivity contribution in [2.75, 3.05) is 5.32 Å². The van der Waals surface area contributed by atoms with Crippen LogP contribution < -0.4 is 10.6 Å². The fourth-order valence-electron chi connectivity index (χ4n) is 3.07. The highest BCUT2D eigenvalue weighted by Crippen LogP contribution is 2.23. The number of nitrogens with one attached hydrogen (secondary N) is 2. The van der Waals surface area contributed by atoms with Crippen LogP contribution in [0.15, 0.2) is 5.38 Å². The lowest BCUT2D eigenvalue weighted by atomic mass is 9.86. The van der Waals surface area contributed by atoms with E-state index in [9.17, 15) is 19.5 Å². The normalized spacial score (nSPS) is 20.9. The van der Waals surface area contributed by atoms with E-state index in [0.29, 0.717) is 23.7 Å². The standard InChI is InChI=1S/C18H27N3O4S/c1-11(2)16(23)21-18-19-12(10-26-18)9-15(22)20-14-8-6-4-3-5-7-13(14)17(24)25/h10-11,13-14H,3-9H2,1-2H3,(H,20,22)(H,24,25)(H,19,21,23). The number of carbonyl (C=O) groups is 3. The molecule has 7 nitrogen and oxygen atoms in total. The monoisotopic (exact) mass is 381 g/mol. The van der Waals surface area contributed by atoms with Gasteiger partial charge in [-0.2, -0.15) is 0 Å². The third-order valence-corrected chi connectivity index (χ3v) is 5.38. The highest BCUT2D eigenvalue weighted by atomic mass is 32.1. The second-order valence-electron chi connectivity index (χ2n) is 7.08. The van der Waals surface area contributed by atoms with E-state index < -0.39 is 11.9 Å². The number of rotatable bonds is 6. The molecule has 2 unspecified atom stereocenters. The number of amides is 2. The van der Waals surface area contributed by atoms with Crippen LogP contribution in [-0.4, -0.2) is 33.9 Å². The zero-order valence-electron chi connectivity index (χ0n) is 15.3. The summed E-state index contributed by atoms with van der Waals surface area (Å²) in [7, 11) is 0. The van der Waals surface area contributed by atoms with Crippen LogP contribution in [0.25, 0.3) is 0 Å². The molecular weight excluding hydrogens is 354 g/mol. The van der Waals surface area contributed by atoms with E-state index in [1.165, 1.54) is 11.3 Å². The predicted molar refractivity (Wildman–Crippen MR) is 100 cm³/mol.